The third-order valence-electron chi connectivity index (χ3n) is 14.9. The summed E-state index contributed by atoms with van der Waals surface area (Å²) in [4.78, 5) is 2.39. The van der Waals surface area contributed by atoms with Gasteiger partial charge in [0, 0.05) is 33.5 Å². The van der Waals surface area contributed by atoms with Crippen molar-refractivity contribution in [3.63, 3.8) is 0 Å². The second-order valence-electron chi connectivity index (χ2n) is 19.2. The number of para-hydroxylation sites is 2. The molecule has 0 bridgehead atoms. The van der Waals surface area contributed by atoms with Crippen LogP contribution >= 0.6 is 0 Å². The summed E-state index contributed by atoms with van der Waals surface area (Å²) in [5.41, 5.74) is 18.8. The van der Waals surface area contributed by atoms with E-state index in [9.17, 15) is 0 Å². The molecule has 0 saturated carbocycles. The standard InChI is InChI=1S/C72H48N2/c1-4-18-52(19-5-1)71-66-29-13-12-27-63(66)64-43-37-58(48-68(64)72(71)53-20-6-2-7-21-53)55-23-16-26-62(46-55)73(60-39-33-50(34-40-60)56-32-31-49-17-10-11-22-54(49)45-56)61-41-35-51(36-42-61)57-38-44-70-67(47-57)65-28-14-15-30-69(65)74(70)59-24-8-3-9-25-59/h1-48H. The molecular formula is C72H48N2. The van der Waals surface area contributed by atoms with Gasteiger partial charge in [0.2, 0.25) is 0 Å². The molecule has 0 atom stereocenters. The number of rotatable bonds is 9. The summed E-state index contributed by atoms with van der Waals surface area (Å²) < 4.78 is 2.37. The van der Waals surface area contributed by atoms with Crippen molar-refractivity contribution in [2.75, 3.05) is 4.90 Å². The maximum atomic E-state index is 2.42. The molecule has 0 radical (unpaired) electrons. The highest BCUT2D eigenvalue weighted by molar-refractivity contribution is 6.22. The predicted octanol–water partition coefficient (Wildman–Crippen LogP) is 20.0. The van der Waals surface area contributed by atoms with Gasteiger partial charge in [0.1, 0.15) is 0 Å². The zero-order valence-electron chi connectivity index (χ0n) is 40.6. The van der Waals surface area contributed by atoms with Crippen molar-refractivity contribution >= 4 is 71.2 Å². The first-order chi connectivity index (χ1) is 36.7. The Labute approximate surface area is 430 Å². The lowest BCUT2D eigenvalue weighted by Gasteiger charge is -2.26. The molecular weight excluding hydrogens is 893 g/mol. The highest BCUT2D eigenvalue weighted by atomic mass is 15.1. The number of anilines is 3. The van der Waals surface area contributed by atoms with Gasteiger partial charge in [-0.15, -0.1) is 0 Å². The maximum absolute atomic E-state index is 2.42. The van der Waals surface area contributed by atoms with Crippen LogP contribution in [0.25, 0.3) is 115 Å². The molecule has 1 aromatic heterocycles. The maximum Gasteiger partial charge on any atom is 0.0541 e. The van der Waals surface area contributed by atoms with Gasteiger partial charge in [-0.3, -0.25) is 0 Å². The van der Waals surface area contributed by atoms with Crippen LogP contribution in [0, 0.1) is 0 Å². The van der Waals surface area contributed by atoms with Gasteiger partial charge in [-0.1, -0.05) is 212 Å². The molecule has 0 amide bonds. The van der Waals surface area contributed by atoms with Crippen LogP contribution in [0.15, 0.2) is 291 Å². The van der Waals surface area contributed by atoms with Gasteiger partial charge in [-0.05, 0) is 167 Å². The molecule has 0 fully saturated rings. The molecule has 2 heteroatoms. The van der Waals surface area contributed by atoms with Gasteiger partial charge in [-0.2, -0.15) is 0 Å². The van der Waals surface area contributed by atoms with Gasteiger partial charge in [-0.25, -0.2) is 0 Å². The van der Waals surface area contributed by atoms with Crippen molar-refractivity contribution in [2.24, 2.45) is 0 Å². The minimum Gasteiger partial charge on any atom is -0.310 e. The molecule has 14 rings (SSSR count). The summed E-state index contributed by atoms with van der Waals surface area (Å²) in [5, 5.41) is 9.95. The summed E-state index contributed by atoms with van der Waals surface area (Å²) in [5.74, 6) is 0. The molecule has 0 aliphatic carbocycles. The van der Waals surface area contributed by atoms with E-state index >= 15 is 0 Å². The van der Waals surface area contributed by atoms with Crippen LogP contribution in [0.5, 0.6) is 0 Å². The molecule has 74 heavy (non-hydrogen) atoms. The van der Waals surface area contributed by atoms with Crippen molar-refractivity contribution in [3.8, 4) is 61.3 Å². The van der Waals surface area contributed by atoms with Crippen molar-refractivity contribution in [2.45, 2.75) is 0 Å². The number of aromatic nitrogens is 1. The third-order valence-corrected chi connectivity index (χ3v) is 14.9. The molecule has 0 aliphatic rings. The quantitative estimate of drug-likeness (QED) is 0.131. The van der Waals surface area contributed by atoms with E-state index in [0.717, 1.165) is 33.9 Å². The molecule has 2 nitrogen and oxygen atoms in total. The lowest BCUT2D eigenvalue weighted by Crippen LogP contribution is -2.10. The summed E-state index contributed by atoms with van der Waals surface area (Å²) >= 11 is 0. The Morgan fingerprint density at radius 2 is 0.676 bits per heavy atom. The SMILES string of the molecule is c1ccc(-c2c(-c3ccccc3)c3cc(-c4cccc(N(c5ccc(-c6ccc7ccccc7c6)cc5)c5ccc(-c6ccc7c(c6)c6ccccc6n7-c6ccccc6)cc5)c4)ccc3c3ccccc23)cc1. The van der Waals surface area contributed by atoms with Crippen molar-refractivity contribution in [1.29, 1.82) is 0 Å². The Bertz CT molecular complexity index is 4380. The van der Waals surface area contributed by atoms with Crippen molar-refractivity contribution < 1.29 is 0 Å². The number of nitrogens with zero attached hydrogens (tertiary/aromatic N) is 2. The second kappa shape index (κ2) is 18.1. The molecule has 0 aliphatic heterocycles. The Morgan fingerprint density at radius 3 is 1.38 bits per heavy atom. The number of benzene rings is 13. The average Bonchev–Trinajstić information content (AvgIpc) is 3.82. The van der Waals surface area contributed by atoms with Crippen LogP contribution in [0.1, 0.15) is 0 Å². The summed E-state index contributed by atoms with van der Waals surface area (Å²) in [6.07, 6.45) is 0. The van der Waals surface area contributed by atoms with E-state index in [0.29, 0.717) is 0 Å². The van der Waals surface area contributed by atoms with Gasteiger partial charge in [0.15, 0.2) is 0 Å². The monoisotopic (exact) mass is 940 g/mol. The first-order valence-electron chi connectivity index (χ1n) is 25.5. The smallest absolute Gasteiger partial charge is 0.0541 e. The van der Waals surface area contributed by atoms with Crippen LogP contribution in [0.4, 0.5) is 17.1 Å². The van der Waals surface area contributed by atoms with E-state index in [1.165, 1.54) is 98.6 Å². The fourth-order valence-corrected chi connectivity index (χ4v) is 11.4. The van der Waals surface area contributed by atoms with Crippen molar-refractivity contribution in [3.05, 3.63) is 291 Å². The van der Waals surface area contributed by atoms with E-state index < -0.39 is 0 Å². The Balaban J connectivity index is 0.897. The lowest BCUT2D eigenvalue weighted by atomic mass is 9.84. The molecule has 0 spiro atoms. The van der Waals surface area contributed by atoms with Gasteiger partial charge < -0.3 is 9.47 Å². The molecule has 0 N–H and O–H groups in total. The fraction of sp³-hybridized carbons (Fsp3) is 0. The van der Waals surface area contributed by atoms with Gasteiger partial charge in [0.05, 0.1) is 11.0 Å². The normalized spacial score (nSPS) is 11.5. The fourth-order valence-electron chi connectivity index (χ4n) is 11.4. The highest BCUT2D eigenvalue weighted by Crippen LogP contribution is 2.46. The molecule has 1 heterocycles. The topological polar surface area (TPSA) is 8.17 Å². The minimum absolute atomic E-state index is 1.08. The number of fused-ring (bicyclic) bond motifs is 7. The van der Waals surface area contributed by atoms with Crippen LogP contribution in [-0.2, 0) is 0 Å². The van der Waals surface area contributed by atoms with E-state index in [1.54, 1.807) is 0 Å². The zero-order chi connectivity index (χ0) is 49.0. The van der Waals surface area contributed by atoms with Crippen LogP contribution in [-0.4, -0.2) is 4.57 Å². The molecule has 346 valence electrons. The Kier molecular flexibility index (Phi) is 10.6. The number of hydrogen-bond acceptors (Lipinski definition) is 1. The highest BCUT2D eigenvalue weighted by Gasteiger charge is 2.20. The molecule has 13 aromatic carbocycles. The molecule has 14 aromatic rings. The first-order valence-corrected chi connectivity index (χ1v) is 25.5. The zero-order valence-corrected chi connectivity index (χ0v) is 40.6. The van der Waals surface area contributed by atoms with E-state index in [-0.39, 0.29) is 0 Å². The van der Waals surface area contributed by atoms with Gasteiger partial charge in [0.25, 0.3) is 0 Å². The van der Waals surface area contributed by atoms with Gasteiger partial charge >= 0.3 is 0 Å². The summed E-state index contributed by atoms with van der Waals surface area (Å²) in [7, 11) is 0. The third kappa shape index (κ3) is 7.52. The molecule has 0 saturated heterocycles. The Morgan fingerprint density at radius 1 is 0.216 bits per heavy atom. The minimum atomic E-state index is 1.08. The van der Waals surface area contributed by atoms with Crippen LogP contribution in [0.2, 0.25) is 0 Å². The molecule has 0 unspecified atom stereocenters. The van der Waals surface area contributed by atoms with E-state index in [2.05, 4.69) is 301 Å². The lowest BCUT2D eigenvalue weighted by molar-refractivity contribution is 1.18. The first kappa shape index (κ1) is 43.1. The second-order valence-corrected chi connectivity index (χ2v) is 19.2. The van der Waals surface area contributed by atoms with E-state index in [1.807, 2.05) is 0 Å². The van der Waals surface area contributed by atoms with Crippen LogP contribution in [0.3, 0.4) is 0 Å². The van der Waals surface area contributed by atoms with Crippen LogP contribution < -0.4 is 4.90 Å². The Hall–Kier alpha value is -9.76. The summed E-state index contributed by atoms with van der Waals surface area (Å²) in [6, 6.07) is 107. The van der Waals surface area contributed by atoms with E-state index in [4.69, 9.17) is 0 Å². The predicted molar refractivity (Wildman–Crippen MR) is 315 cm³/mol. The largest absolute Gasteiger partial charge is 0.310 e. The number of hydrogen-bond donors (Lipinski definition) is 0. The average molecular weight is 941 g/mol. The summed E-state index contributed by atoms with van der Waals surface area (Å²) in [6.45, 7) is 0. The van der Waals surface area contributed by atoms with Crippen molar-refractivity contribution in [1.82, 2.24) is 4.57 Å².